The molecular formula is C19H17N3OS2. The summed E-state index contributed by atoms with van der Waals surface area (Å²) in [5, 5.41) is 4.99. The lowest BCUT2D eigenvalue weighted by Gasteiger charge is -2.04. The molecule has 0 atom stereocenters. The van der Waals surface area contributed by atoms with Gasteiger partial charge in [-0.1, -0.05) is 19.1 Å². The number of fused-ring (bicyclic) bond motifs is 1. The lowest BCUT2D eigenvalue weighted by atomic mass is 10.1. The Morgan fingerprint density at radius 3 is 2.76 bits per heavy atom. The van der Waals surface area contributed by atoms with Crippen molar-refractivity contribution in [3.8, 4) is 11.3 Å². The first-order chi connectivity index (χ1) is 12.1. The van der Waals surface area contributed by atoms with Gasteiger partial charge in [-0.15, -0.1) is 22.7 Å². The molecule has 6 heteroatoms. The zero-order chi connectivity index (χ0) is 17.4. The van der Waals surface area contributed by atoms with Crippen molar-refractivity contribution in [3.63, 3.8) is 0 Å². The van der Waals surface area contributed by atoms with Crippen molar-refractivity contribution >= 4 is 39.2 Å². The van der Waals surface area contributed by atoms with E-state index in [1.165, 1.54) is 10.4 Å². The molecule has 0 unspecified atom stereocenters. The number of carbonyl (C=O) groups is 1. The second-order valence-corrected chi connectivity index (χ2v) is 7.83. The topological polar surface area (TPSA) is 46.4 Å². The lowest BCUT2D eigenvalue weighted by Crippen LogP contribution is -2.09. The Morgan fingerprint density at radius 2 is 2.08 bits per heavy atom. The Kier molecular flexibility index (Phi) is 4.15. The van der Waals surface area contributed by atoms with Crippen LogP contribution in [0, 0.1) is 6.92 Å². The molecule has 1 amide bonds. The van der Waals surface area contributed by atoms with Crippen LogP contribution in [-0.4, -0.2) is 15.3 Å². The maximum absolute atomic E-state index is 12.4. The molecule has 0 saturated heterocycles. The average molecular weight is 367 g/mol. The number of aromatic nitrogens is 2. The number of nitrogens with zero attached hydrogens (tertiary/aromatic N) is 2. The number of carbonyl (C=O) groups excluding carboxylic acids is 1. The number of nitrogens with one attached hydrogen (secondary N) is 1. The predicted octanol–water partition coefficient (Wildman–Crippen LogP) is 5.25. The molecule has 0 radical (unpaired) electrons. The third-order valence-electron chi connectivity index (χ3n) is 4.10. The van der Waals surface area contributed by atoms with Crippen LogP contribution in [0.15, 0.2) is 48.1 Å². The lowest BCUT2D eigenvalue weighted by molar-refractivity contribution is 0.103. The standard InChI is InChI=1S/C19H17N3OS2/c1-3-16-12(2)10-17(25-16)18(23)20-14-6-4-13(5-7-14)15-11-22-8-9-24-19(22)21-15/h4-11H,3H2,1-2H3,(H,20,23). The molecule has 0 aliphatic heterocycles. The maximum Gasteiger partial charge on any atom is 0.265 e. The van der Waals surface area contributed by atoms with E-state index in [1.807, 2.05) is 52.5 Å². The van der Waals surface area contributed by atoms with E-state index < -0.39 is 0 Å². The van der Waals surface area contributed by atoms with Crippen LogP contribution in [0.2, 0.25) is 0 Å². The van der Waals surface area contributed by atoms with Gasteiger partial charge in [0.25, 0.3) is 5.91 Å². The van der Waals surface area contributed by atoms with Crippen LogP contribution in [0.25, 0.3) is 16.2 Å². The first kappa shape index (κ1) is 16.1. The van der Waals surface area contributed by atoms with E-state index in [0.717, 1.165) is 33.2 Å². The van der Waals surface area contributed by atoms with E-state index in [4.69, 9.17) is 0 Å². The van der Waals surface area contributed by atoms with E-state index in [2.05, 4.69) is 24.1 Å². The molecule has 0 aliphatic carbocycles. The van der Waals surface area contributed by atoms with Crippen molar-refractivity contribution in [2.75, 3.05) is 5.32 Å². The molecule has 126 valence electrons. The first-order valence-corrected chi connectivity index (χ1v) is 9.77. The number of rotatable bonds is 4. The number of hydrogen-bond acceptors (Lipinski definition) is 4. The van der Waals surface area contributed by atoms with Gasteiger partial charge in [0.1, 0.15) is 0 Å². The van der Waals surface area contributed by atoms with Crippen molar-refractivity contribution < 1.29 is 4.79 Å². The summed E-state index contributed by atoms with van der Waals surface area (Å²) < 4.78 is 2.01. The van der Waals surface area contributed by atoms with Gasteiger partial charge in [-0.3, -0.25) is 9.20 Å². The molecule has 1 N–H and O–H groups in total. The number of benzene rings is 1. The summed E-state index contributed by atoms with van der Waals surface area (Å²) in [4.78, 5) is 20.0. The van der Waals surface area contributed by atoms with Crippen molar-refractivity contribution in [1.82, 2.24) is 9.38 Å². The SMILES string of the molecule is CCc1sc(C(=O)Nc2ccc(-c3cn4ccsc4n3)cc2)cc1C. The van der Waals surface area contributed by atoms with Gasteiger partial charge >= 0.3 is 0 Å². The minimum atomic E-state index is -0.0527. The molecule has 0 bridgehead atoms. The summed E-state index contributed by atoms with van der Waals surface area (Å²) >= 11 is 3.18. The van der Waals surface area contributed by atoms with E-state index in [9.17, 15) is 4.79 Å². The highest BCUT2D eigenvalue weighted by atomic mass is 32.1. The smallest absolute Gasteiger partial charge is 0.265 e. The van der Waals surface area contributed by atoms with Crippen molar-refractivity contribution in [1.29, 1.82) is 0 Å². The third-order valence-corrected chi connectivity index (χ3v) is 6.25. The fraction of sp³-hybridized carbons (Fsp3) is 0.158. The van der Waals surface area contributed by atoms with Crippen molar-refractivity contribution in [2.45, 2.75) is 20.3 Å². The van der Waals surface area contributed by atoms with Gasteiger partial charge in [0.05, 0.1) is 10.6 Å². The van der Waals surface area contributed by atoms with Crippen LogP contribution in [0.1, 0.15) is 27.0 Å². The Labute approximate surface area is 153 Å². The highest BCUT2D eigenvalue weighted by molar-refractivity contribution is 7.15. The highest BCUT2D eigenvalue weighted by Crippen LogP contribution is 2.25. The summed E-state index contributed by atoms with van der Waals surface area (Å²) in [5.41, 5.74) is 3.95. The molecule has 3 aromatic heterocycles. The molecule has 4 aromatic rings. The molecule has 1 aromatic carbocycles. The van der Waals surface area contributed by atoms with Gasteiger partial charge in [0.15, 0.2) is 4.96 Å². The van der Waals surface area contributed by atoms with Gasteiger partial charge in [-0.25, -0.2) is 4.98 Å². The number of aryl methyl sites for hydroxylation is 2. The molecule has 25 heavy (non-hydrogen) atoms. The van der Waals surface area contributed by atoms with Gasteiger partial charge in [0, 0.05) is 33.9 Å². The highest BCUT2D eigenvalue weighted by Gasteiger charge is 2.12. The van der Waals surface area contributed by atoms with E-state index in [0.29, 0.717) is 0 Å². The summed E-state index contributed by atoms with van der Waals surface area (Å²) in [6, 6.07) is 9.77. The zero-order valence-corrected chi connectivity index (χ0v) is 15.6. The van der Waals surface area contributed by atoms with E-state index in [-0.39, 0.29) is 5.91 Å². The predicted molar refractivity (Wildman–Crippen MR) is 105 cm³/mol. The number of amides is 1. The first-order valence-electron chi connectivity index (χ1n) is 8.07. The van der Waals surface area contributed by atoms with Crippen molar-refractivity contribution in [2.24, 2.45) is 0 Å². The average Bonchev–Trinajstić information content (AvgIpc) is 3.29. The van der Waals surface area contributed by atoms with E-state index in [1.54, 1.807) is 22.7 Å². The number of hydrogen-bond donors (Lipinski definition) is 1. The molecular weight excluding hydrogens is 350 g/mol. The number of thiophene rings is 1. The molecule has 0 spiro atoms. The molecule has 0 aliphatic rings. The maximum atomic E-state index is 12.4. The number of thiazole rings is 1. The fourth-order valence-electron chi connectivity index (χ4n) is 2.77. The molecule has 4 rings (SSSR count). The van der Waals surface area contributed by atoms with E-state index >= 15 is 0 Å². The van der Waals surface area contributed by atoms with Gasteiger partial charge in [-0.05, 0) is 37.1 Å². The van der Waals surface area contributed by atoms with Gasteiger partial charge in [-0.2, -0.15) is 0 Å². The van der Waals surface area contributed by atoms with Crippen LogP contribution in [0.4, 0.5) is 5.69 Å². The normalized spacial score (nSPS) is 11.1. The van der Waals surface area contributed by atoms with Gasteiger partial charge in [0.2, 0.25) is 0 Å². The Hall–Kier alpha value is -2.44. The summed E-state index contributed by atoms with van der Waals surface area (Å²) in [7, 11) is 0. The van der Waals surface area contributed by atoms with Crippen LogP contribution < -0.4 is 5.32 Å². The summed E-state index contributed by atoms with van der Waals surface area (Å²) in [6.07, 6.45) is 4.97. The van der Waals surface area contributed by atoms with Gasteiger partial charge < -0.3 is 5.32 Å². The second kappa shape index (κ2) is 6.46. The monoisotopic (exact) mass is 367 g/mol. The quantitative estimate of drug-likeness (QED) is 0.536. The summed E-state index contributed by atoms with van der Waals surface area (Å²) in [6.45, 7) is 4.16. The third kappa shape index (κ3) is 3.10. The molecule has 3 heterocycles. The largest absolute Gasteiger partial charge is 0.321 e. The van der Waals surface area contributed by atoms with Crippen molar-refractivity contribution in [3.05, 3.63) is 63.4 Å². The number of imidazole rings is 1. The minimum Gasteiger partial charge on any atom is -0.321 e. The van der Waals surface area contributed by atoms with Crippen LogP contribution >= 0.6 is 22.7 Å². The van der Waals surface area contributed by atoms with Crippen LogP contribution in [-0.2, 0) is 6.42 Å². The second-order valence-electron chi connectivity index (χ2n) is 5.82. The molecule has 0 saturated carbocycles. The minimum absolute atomic E-state index is 0.0527. The fourth-order valence-corrected chi connectivity index (χ4v) is 4.48. The zero-order valence-electron chi connectivity index (χ0n) is 13.9. The molecule has 0 fully saturated rings. The van der Waals surface area contributed by atoms with Crippen LogP contribution in [0.5, 0.6) is 0 Å². The number of anilines is 1. The Bertz CT molecular complexity index is 1010. The summed E-state index contributed by atoms with van der Waals surface area (Å²) in [5.74, 6) is -0.0527. The Morgan fingerprint density at radius 1 is 1.28 bits per heavy atom. The molecule has 4 nitrogen and oxygen atoms in total. The van der Waals surface area contributed by atoms with Crippen LogP contribution in [0.3, 0.4) is 0 Å². The Balaban J connectivity index is 1.51.